The number of rotatable bonds is 5. The van der Waals surface area contributed by atoms with Crippen molar-refractivity contribution in [3.05, 3.63) is 11.8 Å². The largest absolute Gasteiger partial charge is 0.383 e. The minimum atomic E-state index is 0.805. The van der Waals surface area contributed by atoms with Crippen LogP contribution >= 0.6 is 0 Å². The van der Waals surface area contributed by atoms with Gasteiger partial charge in [-0.2, -0.15) is 0 Å². The first-order valence-electron chi connectivity index (χ1n) is 4.13. The summed E-state index contributed by atoms with van der Waals surface area (Å²) in [6.45, 7) is 9.19. The predicted octanol–water partition coefficient (Wildman–Crippen LogP) is 1.88. The molecule has 2 heteroatoms. The van der Waals surface area contributed by atoms with E-state index in [1.807, 2.05) is 0 Å². The number of nitrogens with zero attached hydrogens (tertiary/aromatic N) is 1. The molecule has 2 nitrogen and oxygen atoms in total. The van der Waals surface area contributed by atoms with Gasteiger partial charge in [0.1, 0.15) is 0 Å². The highest BCUT2D eigenvalue weighted by molar-refractivity contribution is 4.94. The van der Waals surface area contributed by atoms with Crippen molar-refractivity contribution in [2.75, 3.05) is 26.8 Å². The van der Waals surface area contributed by atoms with Gasteiger partial charge in [-0.3, -0.25) is 0 Å². The Bertz CT molecular complexity index is 121. The fraction of sp³-hybridized carbons (Fsp3) is 0.778. The van der Waals surface area contributed by atoms with Crippen molar-refractivity contribution in [1.82, 2.24) is 4.90 Å². The molecule has 0 unspecified atom stereocenters. The second-order valence-corrected chi connectivity index (χ2v) is 2.50. The first-order chi connectivity index (χ1) is 5.26. The van der Waals surface area contributed by atoms with Gasteiger partial charge >= 0.3 is 0 Å². The Morgan fingerprint density at radius 2 is 2.18 bits per heavy atom. The molecule has 0 amide bonds. The van der Waals surface area contributed by atoms with Crippen LogP contribution < -0.4 is 0 Å². The van der Waals surface area contributed by atoms with Crippen LogP contribution in [0.3, 0.4) is 0 Å². The Hall–Kier alpha value is -0.500. The fourth-order valence-electron chi connectivity index (χ4n) is 0.968. The summed E-state index contributed by atoms with van der Waals surface area (Å²) in [7, 11) is 1.73. The maximum atomic E-state index is 5.00. The van der Waals surface area contributed by atoms with Gasteiger partial charge in [-0.05, 0) is 20.8 Å². The number of ether oxygens (including phenoxy) is 1. The molecule has 0 aliphatic heterocycles. The number of hydrogen-bond acceptors (Lipinski definition) is 2. The summed E-state index contributed by atoms with van der Waals surface area (Å²) in [6.07, 6.45) is 2.12. The molecular formula is C9H19NO. The highest BCUT2D eigenvalue weighted by Gasteiger charge is 1.99. The Morgan fingerprint density at radius 1 is 1.55 bits per heavy atom. The van der Waals surface area contributed by atoms with E-state index < -0.39 is 0 Å². The lowest BCUT2D eigenvalue weighted by Gasteiger charge is -2.22. The van der Waals surface area contributed by atoms with Crippen molar-refractivity contribution < 1.29 is 4.74 Å². The highest BCUT2D eigenvalue weighted by Crippen LogP contribution is 2.01. The summed E-state index contributed by atoms with van der Waals surface area (Å²) < 4.78 is 5.00. The summed E-state index contributed by atoms with van der Waals surface area (Å²) in [5, 5.41) is 0. The molecule has 0 heterocycles. The normalized spacial score (nSPS) is 11.8. The van der Waals surface area contributed by atoms with Gasteiger partial charge < -0.3 is 9.64 Å². The Morgan fingerprint density at radius 3 is 2.55 bits per heavy atom. The van der Waals surface area contributed by atoms with E-state index >= 15 is 0 Å². The second-order valence-electron chi connectivity index (χ2n) is 2.50. The molecular weight excluding hydrogens is 138 g/mol. The molecule has 0 aromatic rings. The smallest absolute Gasteiger partial charge is 0.0637 e. The van der Waals surface area contributed by atoms with Crippen LogP contribution in [0.15, 0.2) is 11.8 Å². The minimum Gasteiger partial charge on any atom is -0.383 e. The summed E-state index contributed by atoms with van der Waals surface area (Å²) in [6, 6.07) is 0. The van der Waals surface area contributed by atoms with Crippen molar-refractivity contribution in [1.29, 1.82) is 0 Å². The molecule has 0 fully saturated rings. The highest BCUT2D eigenvalue weighted by atomic mass is 16.5. The molecule has 66 valence electrons. The van der Waals surface area contributed by atoms with Crippen LogP contribution in [0.5, 0.6) is 0 Å². The van der Waals surface area contributed by atoms with Crippen LogP contribution in [0, 0.1) is 0 Å². The lowest BCUT2D eigenvalue weighted by Crippen LogP contribution is -2.25. The third-order valence-corrected chi connectivity index (χ3v) is 1.86. The fourth-order valence-corrected chi connectivity index (χ4v) is 0.968. The van der Waals surface area contributed by atoms with E-state index in [1.165, 1.54) is 5.70 Å². The molecule has 0 N–H and O–H groups in total. The van der Waals surface area contributed by atoms with E-state index in [-0.39, 0.29) is 0 Å². The lowest BCUT2D eigenvalue weighted by molar-refractivity contribution is 0.166. The van der Waals surface area contributed by atoms with E-state index in [9.17, 15) is 0 Å². The van der Waals surface area contributed by atoms with Gasteiger partial charge in [0.25, 0.3) is 0 Å². The number of hydrogen-bond donors (Lipinski definition) is 0. The molecule has 0 radical (unpaired) electrons. The van der Waals surface area contributed by atoms with E-state index in [0.717, 1.165) is 19.7 Å². The van der Waals surface area contributed by atoms with Gasteiger partial charge in [-0.25, -0.2) is 0 Å². The van der Waals surface area contributed by atoms with Gasteiger partial charge in [0.15, 0.2) is 0 Å². The molecule has 0 aromatic heterocycles. The molecule has 0 spiro atoms. The topological polar surface area (TPSA) is 12.5 Å². The van der Waals surface area contributed by atoms with Crippen molar-refractivity contribution in [3.63, 3.8) is 0 Å². The van der Waals surface area contributed by atoms with Gasteiger partial charge in [0.05, 0.1) is 6.61 Å². The summed E-state index contributed by atoms with van der Waals surface area (Å²) >= 11 is 0. The van der Waals surface area contributed by atoms with Crippen LogP contribution in [0.25, 0.3) is 0 Å². The van der Waals surface area contributed by atoms with Crippen LogP contribution in [-0.2, 0) is 4.74 Å². The quantitative estimate of drug-likeness (QED) is 0.604. The molecule has 0 aliphatic rings. The molecule has 0 saturated heterocycles. The SMILES string of the molecule is C/C=C(\C)N(CC)CCOC. The third-order valence-electron chi connectivity index (χ3n) is 1.86. The predicted molar refractivity (Wildman–Crippen MR) is 48.6 cm³/mol. The monoisotopic (exact) mass is 157 g/mol. The van der Waals surface area contributed by atoms with Crippen molar-refractivity contribution >= 4 is 0 Å². The molecule has 0 aliphatic carbocycles. The van der Waals surface area contributed by atoms with Crippen LogP contribution in [0.4, 0.5) is 0 Å². The molecule has 0 rings (SSSR count). The lowest BCUT2D eigenvalue weighted by atomic mass is 10.3. The standard InChI is InChI=1S/C9H19NO/c1-5-9(3)10(6-2)7-8-11-4/h5H,6-8H2,1-4H3/b9-5+. The minimum absolute atomic E-state index is 0.805. The number of methoxy groups -OCH3 is 1. The maximum absolute atomic E-state index is 5.00. The molecule has 0 bridgehead atoms. The van der Waals surface area contributed by atoms with E-state index in [1.54, 1.807) is 7.11 Å². The molecule has 0 saturated carbocycles. The zero-order valence-corrected chi connectivity index (χ0v) is 8.05. The first kappa shape index (κ1) is 10.5. The van der Waals surface area contributed by atoms with Gasteiger partial charge in [0, 0.05) is 25.9 Å². The molecule has 0 aromatic carbocycles. The summed E-state index contributed by atoms with van der Waals surface area (Å²) in [5.74, 6) is 0. The Kier molecular flexibility index (Phi) is 5.94. The van der Waals surface area contributed by atoms with Gasteiger partial charge in [0.2, 0.25) is 0 Å². The van der Waals surface area contributed by atoms with E-state index in [0.29, 0.717) is 0 Å². The Labute approximate surface area is 69.8 Å². The zero-order valence-electron chi connectivity index (χ0n) is 8.05. The Balaban J connectivity index is 3.75. The van der Waals surface area contributed by atoms with Gasteiger partial charge in [-0.1, -0.05) is 6.08 Å². The van der Waals surface area contributed by atoms with Crippen molar-refractivity contribution in [2.45, 2.75) is 20.8 Å². The third kappa shape index (κ3) is 4.04. The number of allylic oxidation sites excluding steroid dienone is 2. The van der Waals surface area contributed by atoms with Gasteiger partial charge in [-0.15, -0.1) is 0 Å². The number of likely N-dealkylation sites (N-methyl/N-ethyl adjacent to an activating group) is 1. The second kappa shape index (κ2) is 6.23. The van der Waals surface area contributed by atoms with E-state index in [2.05, 4.69) is 31.7 Å². The van der Waals surface area contributed by atoms with E-state index in [4.69, 9.17) is 4.74 Å². The summed E-state index contributed by atoms with van der Waals surface area (Å²) in [5.41, 5.74) is 1.32. The van der Waals surface area contributed by atoms with Crippen LogP contribution in [-0.4, -0.2) is 31.7 Å². The zero-order chi connectivity index (χ0) is 8.69. The molecule has 0 atom stereocenters. The van der Waals surface area contributed by atoms with Crippen molar-refractivity contribution in [2.24, 2.45) is 0 Å². The van der Waals surface area contributed by atoms with Crippen LogP contribution in [0.1, 0.15) is 20.8 Å². The first-order valence-corrected chi connectivity index (χ1v) is 4.13. The van der Waals surface area contributed by atoms with Crippen LogP contribution in [0.2, 0.25) is 0 Å². The van der Waals surface area contributed by atoms with Crippen molar-refractivity contribution in [3.8, 4) is 0 Å². The summed E-state index contributed by atoms with van der Waals surface area (Å²) in [4.78, 5) is 2.30. The molecule has 11 heavy (non-hydrogen) atoms. The maximum Gasteiger partial charge on any atom is 0.0637 e. The average molecular weight is 157 g/mol. The average Bonchev–Trinajstić information content (AvgIpc) is 2.05.